The summed E-state index contributed by atoms with van der Waals surface area (Å²) in [5.41, 5.74) is -0.356. The molecule has 0 aromatic carbocycles. The number of methoxy groups -OCH3 is 1. The number of piperazine rings is 1. The average Bonchev–Trinajstić information content (AvgIpc) is 2.55. The third-order valence-corrected chi connectivity index (χ3v) is 5.30. The summed E-state index contributed by atoms with van der Waals surface area (Å²) in [7, 11) is 1.69. The van der Waals surface area contributed by atoms with E-state index < -0.39 is 0 Å². The maximum atomic E-state index is 13.2. The molecule has 6 nitrogen and oxygen atoms in total. The van der Waals surface area contributed by atoms with Gasteiger partial charge in [-0.05, 0) is 39.3 Å². The van der Waals surface area contributed by atoms with E-state index in [-0.39, 0.29) is 17.4 Å². The summed E-state index contributed by atoms with van der Waals surface area (Å²) in [5.74, 6) is 0.260. The predicted octanol–water partition coefficient (Wildman–Crippen LogP) is 0.306. The van der Waals surface area contributed by atoms with Crippen LogP contribution < -0.4 is 5.32 Å². The van der Waals surface area contributed by atoms with Gasteiger partial charge < -0.3 is 20.1 Å². The zero-order chi connectivity index (χ0) is 16.9. The molecule has 0 aromatic heterocycles. The fraction of sp³-hybridized carbons (Fsp3) is 0.941. The van der Waals surface area contributed by atoms with Crippen molar-refractivity contribution in [1.29, 1.82) is 0 Å². The van der Waals surface area contributed by atoms with Crippen molar-refractivity contribution in [3.05, 3.63) is 0 Å². The standard InChI is InChI=1S/C17H33N3O3/c1-4-15-12-20(10-9-19(15)11-14(2)21)16(22)17(13-23-3)5-7-18-8-6-17/h14-15,18,21H,4-13H2,1-3H3. The van der Waals surface area contributed by atoms with E-state index in [4.69, 9.17) is 4.74 Å². The molecule has 6 heteroatoms. The van der Waals surface area contributed by atoms with Gasteiger partial charge in [-0.2, -0.15) is 0 Å². The van der Waals surface area contributed by atoms with Crippen LogP contribution in [-0.4, -0.2) is 85.9 Å². The number of aliphatic hydroxyl groups is 1. The van der Waals surface area contributed by atoms with Crippen LogP contribution in [0.2, 0.25) is 0 Å². The second-order valence-electron chi connectivity index (χ2n) is 7.12. The third kappa shape index (κ3) is 4.44. The van der Waals surface area contributed by atoms with Crippen LogP contribution in [0, 0.1) is 5.41 Å². The molecule has 134 valence electrons. The molecule has 0 aliphatic carbocycles. The van der Waals surface area contributed by atoms with Gasteiger partial charge in [0, 0.05) is 39.3 Å². The van der Waals surface area contributed by atoms with Gasteiger partial charge in [0.25, 0.3) is 0 Å². The molecule has 2 unspecified atom stereocenters. The first-order chi connectivity index (χ1) is 11.0. The zero-order valence-electron chi connectivity index (χ0n) is 14.9. The first-order valence-corrected chi connectivity index (χ1v) is 8.93. The molecule has 2 rings (SSSR count). The van der Waals surface area contributed by atoms with Gasteiger partial charge in [-0.25, -0.2) is 0 Å². The topological polar surface area (TPSA) is 65.0 Å². The van der Waals surface area contributed by atoms with E-state index in [0.717, 1.165) is 52.0 Å². The molecule has 0 aromatic rings. The van der Waals surface area contributed by atoms with E-state index in [2.05, 4.69) is 17.1 Å². The third-order valence-electron chi connectivity index (χ3n) is 5.30. The van der Waals surface area contributed by atoms with Crippen molar-refractivity contribution >= 4 is 5.91 Å². The van der Waals surface area contributed by atoms with E-state index in [1.54, 1.807) is 7.11 Å². The summed E-state index contributed by atoms with van der Waals surface area (Å²) in [4.78, 5) is 17.6. The molecule has 23 heavy (non-hydrogen) atoms. The largest absolute Gasteiger partial charge is 0.392 e. The number of piperidine rings is 1. The van der Waals surface area contributed by atoms with Crippen LogP contribution in [0.3, 0.4) is 0 Å². The monoisotopic (exact) mass is 327 g/mol. The van der Waals surface area contributed by atoms with E-state index in [1.165, 1.54) is 0 Å². The molecule has 2 heterocycles. The number of carbonyl (C=O) groups is 1. The maximum Gasteiger partial charge on any atom is 0.231 e. The predicted molar refractivity (Wildman–Crippen MR) is 90.3 cm³/mol. The minimum atomic E-state index is -0.356. The van der Waals surface area contributed by atoms with E-state index in [9.17, 15) is 9.90 Å². The van der Waals surface area contributed by atoms with Gasteiger partial charge in [0.2, 0.25) is 5.91 Å². The molecular weight excluding hydrogens is 294 g/mol. The molecule has 2 aliphatic rings. The van der Waals surface area contributed by atoms with Gasteiger partial charge in [-0.3, -0.25) is 9.69 Å². The second kappa shape index (κ2) is 8.42. The molecule has 2 N–H and O–H groups in total. The minimum Gasteiger partial charge on any atom is -0.392 e. The Morgan fingerprint density at radius 1 is 1.39 bits per heavy atom. The number of amides is 1. The maximum absolute atomic E-state index is 13.2. The molecule has 2 atom stereocenters. The van der Waals surface area contributed by atoms with Crippen molar-refractivity contribution in [2.45, 2.75) is 45.3 Å². The summed E-state index contributed by atoms with van der Waals surface area (Å²) in [5, 5.41) is 13.0. The van der Waals surface area contributed by atoms with Crippen LogP contribution >= 0.6 is 0 Å². The Bertz CT molecular complexity index is 378. The van der Waals surface area contributed by atoms with Gasteiger partial charge in [0.1, 0.15) is 0 Å². The highest BCUT2D eigenvalue weighted by atomic mass is 16.5. The highest BCUT2D eigenvalue weighted by Crippen LogP contribution is 2.32. The number of hydrogen-bond donors (Lipinski definition) is 2. The molecule has 0 spiro atoms. The molecule has 0 saturated carbocycles. The number of carbonyl (C=O) groups excluding carboxylic acids is 1. The second-order valence-corrected chi connectivity index (χ2v) is 7.12. The Labute approximate surface area is 140 Å². The Hall–Kier alpha value is -0.690. The molecule has 2 fully saturated rings. The van der Waals surface area contributed by atoms with Crippen LogP contribution in [0.15, 0.2) is 0 Å². The van der Waals surface area contributed by atoms with E-state index in [1.807, 2.05) is 11.8 Å². The molecule has 0 bridgehead atoms. The number of aliphatic hydroxyl groups excluding tert-OH is 1. The van der Waals surface area contributed by atoms with E-state index in [0.29, 0.717) is 19.2 Å². The SMILES string of the molecule is CCC1CN(C(=O)C2(COC)CCNCC2)CCN1CC(C)O. The van der Waals surface area contributed by atoms with Crippen LogP contribution in [0.1, 0.15) is 33.1 Å². The Kier molecular flexibility index (Phi) is 6.83. The van der Waals surface area contributed by atoms with Crippen molar-refractivity contribution in [3.8, 4) is 0 Å². The van der Waals surface area contributed by atoms with Gasteiger partial charge in [-0.1, -0.05) is 6.92 Å². The Balaban J connectivity index is 2.04. The summed E-state index contributed by atoms with van der Waals surface area (Å²) in [6, 6.07) is 0.337. The molecule has 0 radical (unpaired) electrons. The summed E-state index contributed by atoms with van der Waals surface area (Å²) >= 11 is 0. The normalized spacial score (nSPS) is 27.0. The molecule has 2 saturated heterocycles. The highest BCUT2D eigenvalue weighted by molar-refractivity contribution is 5.83. The van der Waals surface area contributed by atoms with Gasteiger partial charge in [0.05, 0.1) is 18.1 Å². The lowest BCUT2D eigenvalue weighted by atomic mass is 9.78. The average molecular weight is 327 g/mol. The quantitative estimate of drug-likeness (QED) is 0.735. The molecule has 2 aliphatic heterocycles. The number of ether oxygens (including phenoxy) is 1. The lowest BCUT2D eigenvalue weighted by molar-refractivity contribution is -0.151. The highest BCUT2D eigenvalue weighted by Gasteiger charge is 2.43. The fourth-order valence-electron chi connectivity index (χ4n) is 3.98. The minimum absolute atomic E-state index is 0.260. The molecule has 1 amide bonds. The lowest BCUT2D eigenvalue weighted by Crippen LogP contribution is -2.60. The fourth-order valence-corrected chi connectivity index (χ4v) is 3.98. The number of hydrogen-bond acceptors (Lipinski definition) is 5. The Morgan fingerprint density at radius 3 is 2.65 bits per heavy atom. The summed E-state index contributed by atoms with van der Waals surface area (Å²) in [6.07, 6.45) is 2.37. The van der Waals surface area contributed by atoms with Crippen molar-refractivity contribution in [2.24, 2.45) is 5.41 Å². The van der Waals surface area contributed by atoms with Crippen molar-refractivity contribution in [3.63, 3.8) is 0 Å². The van der Waals surface area contributed by atoms with Crippen LogP contribution in [0.4, 0.5) is 0 Å². The Morgan fingerprint density at radius 2 is 2.09 bits per heavy atom. The van der Waals surface area contributed by atoms with Crippen molar-refractivity contribution in [1.82, 2.24) is 15.1 Å². The molecular formula is C17H33N3O3. The summed E-state index contributed by atoms with van der Waals surface area (Å²) < 4.78 is 5.40. The first-order valence-electron chi connectivity index (χ1n) is 8.93. The number of nitrogens with one attached hydrogen (secondary N) is 1. The van der Waals surface area contributed by atoms with E-state index >= 15 is 0 Å². The van der Waals surface area contributed by atoms with Crippen LogP contribution in [0.25, 0.3) is 0 Å². The van der Waals surface area contributed by atoms with Crippen LogP contribution in [0.5, 0.6) is 0 Å². The van der Waals surface area contributed by atoms with Gasteiger partial charge in [0.15, 0.2) is 0 Å². The van der Waals surface area contributed by atoms with Crippen LogP contribution in [-0.2, 0) is 9.53 Å². The smallest absolute Gasteiger partial charge is 0.231 e. The first kappa shape index (κ1) is 18.6. The zero-order valence-corrected chi connectivity index (χ0v) is 14.9. The lowest BCUT2D eigenvalue weighted by Gasteiger charge is -2.46. The van der Waals surface area contributed by atoms with Crippen molar-refractivity contribution in [2.75, 3.05) is 53.0 Å². The number of rotatable bonds is 6. The van der Waals surface area contributed by atoms with Crippen molar-refractivity contribution < 1.29 is 14.6 Å². The number of β-amino-alcohol motifs (C(OH)–C–C–N with tert-alkyl or cyclic N) is 1. The summed E-state index contributed by atoms with van der Waals surface area (Å²) in [6.45, 7) is 9.31. The van der Waals surface area contributed by atoms with Gasteiger partial charge >= 0.3 is 0 Å². The number of nitrogens with zero attached hydrogens (tertiary/aromatic N) is 2. The van der Waals surface area contributed by atoms with Gasteiger partial charge in [-0.15, -0.1) is 0 Å².